The summed E-state index contributed by atoms with van der Waals surface area (Å²) >= 11 is 0. The Hall–Kier alpha value is -2.74. The van der Waals surface area contributed by atoms with E-state index in [-0.39, 0.29) is 5.91 Å². The highest BCUT2D eigenvalue weighted by Gasteiger charge is 2.43. The van der Waals surface area contributed by atoms with Crippen LogP contribution in [0.15, 0.2) is 43.0 Å². The van der Waals surface area contributed by atoms with Crippen LogP contribution in [0.5, 0.6) is 0 Å². The second kappa shape index (κ2) is 7.43. The lowest BCUT2D eigenvalue weighted by Gasteiger charge is -2.30. The molecular weight excluding hydrogens is 322 g/mol. The normalized spacial score (nSPS) is 17.0. The van der Waals surface area contributed by atoms with Gasteiger partial charge < -0.3 is 10.4 Å². The Morgan fingerprint density at radius 1 is 1.16 bits per heavy atom. The van der Waals surface area contributed by atoms with Crippen LogP contribution < -0.4 is 10.7 Å². The fourth-order valence-corrected chi connectivity index (χ4v) is 3.34. The third-order valence-corrected chi connectivity index (χ3v) is 4.68. The molecule has 8 heteroatoms. The van der Waals surface area contributed by atoms with Crippen LogP contribution in [0, 0.1) is 0 Å². The molecule has 1 heterocycles. The van der Waals surface area contributed by atoms with Gasteiger partial charge in [-0.05, 0) is 18.4 Å². The Bertz CT molecular complexity index is 711. The van der Waals surface area contributed by atoms with Gasteiger partial charge in [0.15, 0.2) is 0 Å². The molecule has 0 spiro atoms. The minimum atomic E-state index is -1.05. The number of amides is 2. The highest BCUT2D eigenvalue weighted by atomic mass is 16.3. The number of nitrogens with one attached hydrogen (secondary N) is 2. The van der Waals surface area contributed by atoms with Crippen LogP contribution in [0.25, 0.3) is 0 Å². The van der Waals surface area contributed by atoms with Crippen molar-refractivity contribution in [1.82, 2.24) is 20.2 Å². The van der Waals surface area contributed by atoms with E-state index in [1.807, 2.05) is 30.3 Å². The second-order valence-corrected chi connectivity index (χ2v) is 6.21. The van der Waals surface area contributed by atoms with Crippen LogP contribution in [-0.4, -0.2) is 44.4 Å². The van der Waals surface area contributed by atoms with Crippen molar-refractivity contribution in [3.63, 3.8) is 0 Å². The second-order valence-electron chi connectivity index (χ2n) is 6.21. The summed E-state index contributed by atoms with van der Waals surface area (Å²) in [4.78, 5) is 25.3. The van der Waals surface area contributed by atoms with Gasteiger partial charge in [-0.1, -0.05) is 43.2 Å². The third kappa shape index (κ3) is 3.53. The van der Waals surface area contributed by atoms with Gasteiger partial charge in [0.2, 0.25) is 5.91 Å². The first-order chi connectivity index (χ1) is 12.2. The van der Waals surface area contributed by atoms with Crippen molar-refractivity contribution in [2.45, 2.75) is 37.1 Å². The number of carbonyl (C=O) groups excluding carboxylic acids is 2. The summed E-state index contributed by atoms with van der Waals surface area (Å²) in [5, 5.41) is 19.4. The minimum Gasteiger partial charge on any atom is -0.394 e. The number of hydrogen-bond donors (Lipinski definition) is 3. The monoisotopic (exact) mass is 343 g/mol. The number of benzene rings is 1. The van der Waals surface area contributed by atoms with Gasteiger partial charge in [0.05, 0.1) is 12.0 Å². The molecule has 1 atom stereocenters. The molecule has 0 radical (unpaired) electrons. The lowest BCUT2D eigenvalue weighted by Crippen LogP contribution is -2.53. The highest BCUT2D eigenvalue weighted by Crippen LogP contribution is 2.41. The summed E-state index contributed by atoms with van der Waals surface area (Å²) in [6, 6.07) is 8.56. The van der Waals surface area contributed by atoms with Gasteiger partial charge >= 0.3 is 0 Å². The molecule has 0 bridgehead atoms. The molecule has 1 fully saturated rings. The first kappa shape index (κ1) is 17.1. The van der Waals surface area contributed by atoms with E-state index in [0.29, 0.717) is 0 Å². The Balaban J connectivity index is 1.75. The molecule has 1 aromatic heterocycles. The maximum Gasteiger partial charge on any atom is 0.263 e. The zero-order valence-corrected chi connectivity index (χ0v) is 13.8. The van der Waals surface area contributed by atoms with E-state index < -0.39 is 24.0 Å². The van der Waals surface area contributed by atoms with Crippen molar-refractivity contribution >= 4 is 11.8 Å². The lowest BCUT2D eigenvalue weighted by atomic mass is 9.78. The van der Waals surface area contributed by atoms with Crippen molar-refractivity contribution in [2.75, 3.05) is 12.0 Å². The predicted octanol–water partition coefficient (Wildman–Crippen LogP) is 0.337. The first-order valence-corrected chi connectivity index (χ1v) is 8.28. The molecule has 132 valence electrons. The quantitative estimate of drug-likeness (QED) is 0.701. The maximum atomic E-state index is 13.0. The number of aliphatic hydroxyl groups is 1. The van der Waals surface area contributed by atoms with Crippen molar-refractivity contribution in [2.24, 2.45) is 0 Å². The fourth-order valence-electron chi connectivity index (χ4n) is 3.34. The molecule has 1 saturated carbocycles. The SMILES string of the molecule is O=C(Nn1cnnc1)C(CO)NC(=O)C1(c2ccccc2)CCCC1. The van der Waals surface area contributed by atoms with Gasteiger partial charge in [-0.3, -0.25) is 15.0 Å². The largest absolute Gasteiger partial charge is 0.394 e. The summed E-state index contributed by atoms with van der Waals surface area (Å²) in [5.41, 5.74) is 2.80. The molecule has 1 aliphatic rings. The molecule has 2 aromatic rings. The molecule has 0 saturated heterocycles. The topological polar surface area (TPSA) is 109 Å². The smallest absolute Gasteiger partial charge is 0.263 e. The van der Waals surface area contributed by atoms with E-state index >= 15 is 0 Å². The van der Waals surface area contributed by atoms with Crippen molar-refractivity contribution in [1.29, 1.82) is 0 Å². The Kier molecular flexibility index (Phi) is 5.08. The van der Waals surface area contributed by atoms with Gasteiger partial charge in [0.1, 0.15) is 18.7 Å². The summed E-state index contributed by atoms with van der Waals surface area (Å²) < 4.78 is 1.26. The van der Waals surface area contributed by atoms with Gasteiger partial charge in [-0.2, -0.15) is 0 Å². The molecule has 8 nitrogen and oxygen atoms in total. The van der Waals surface area contributed by atoms with E-state index in [1.165, 1.54) is 17.3 Å². The van der Waals surface area contributed by atoms with Crippen molar-refractivity contribution in [3.8, 4) is 0 Å². The standard InChI is InChI=1S/C17H21N5O3/c23-10-14(15(24)21-22-11-18-19-12-22)20-16(25)17(8-4-5-9-17)13-6-2-1-3-7-13/h1-3,6-7,11-12,14,23H,4-5,8-10H2,(H,20,25)(H,21,24). The molecule has 25 heavy (non-hydrogen) atoms. The summed E-state index contributed by atoms with van der Waals surface area (Å²) in [6.07, 6.45) is 6.01. The zero-order chi connectivity index (χ0) is 17.7. The highest BCUT2D eigenvalue weighted by molar-refractivity contribution is 5.96. The fraction of sp³-hybridized carbons (Fsp3) is 0.412. The molecule has 1 unspecified atom stereocenters. The number of carbonyl (C=O) groups is 2. The minimum absolute atomic E-state index is 0.228. The Morgan fingerprint density at radius 3 is 2.40 bits per heavy atom. The number of aliphatic hydroxyl groups excluding tert-OH is 1. The summed E-state index contributed by atoms with van der Waals surface area (Å²) in [7, 11) is 0. The van der Waals surface area contributed by atoms with Crippen LogP contribution >= 0.6 is 0 Å². The molecule has 2 amide bonds. The van der Waals surface area contributed by atoms with Gasteiger partial charge in [0.25, 0.3) is 5.91 Å². The van der Waals surface area contributed by atoms with E-state index in [1.54, 1.807) is 0 Å². The van der Waals surface area contributed by atoms with E-state index in [9.17, 15) is 14.7 Å². The molecular formula is C17H21N5O3. The van der Waals surface area contributed by atoms with Crippen LogP contribution in [0.1, 0.15) is 31.2 Å². The van der Waals surface area contributed by atoms with Crippen molar-refractivity contribution < 1.29 is 14.7 Å². The van der Waals surface area contributed by atoms with Crippen LogP contribution in [-0.2, 0) is 15.0 Å². The van der Waals surface area contributed by atoms with Crippen LogP contribution in [0.3, 0.4) is 0 Å². The summed E-state index contributed by atoms with van der Waals surface area (Å²) in [6.45, 7) is -0.495. The lowest BCUT2D eigenvalue weighted by molar-refractivity contribution is -0.131. The van der Waals surface area contributed by atoms with E-state index in [4.69, 9.17) is 0 Å². The maximum absolute atomic E-state index is 13.0. The Labute approximate surface area is 145 Å². The zero-order valence-electron chi connectivity index (χ0n) is 13.8. The molecule has 1 aliphatic carbocycles. The number of hydrogen-bond acceptors (Lipinski definition) is 5. The average Bonchev–Trinajstić information content (AvgIpc) is 3.32. The average molecular weight is 343 g/mol. The molecule has 3 N–H and O–H groups in total. The Morgan fingerprint density at radius 2 is 1.80 bits per heavy atom. The summed E-state index contributed by atoms with van der Waals surface area (Å²) in [5.74, 6) is -0.758. The van der Waals surface area contributed by atoms with Crippen LogP contribution in [0.4, 0.5) is 0 Å². The van der Waals surface area contributed by atoms with Gasteiger partial charge in [-0.25, -0.2) is 4.68 Å². The number of aromatic nitrogens is 3. The number of rotatable bonds is 6. The van der Waals surface area contributed by atoms with Gasteiger partial charge in [-0.15, -0.1) is 10.2 Å². The van der Waals surface area contributed by atoms with Crippen molar-refractivity contribution in [3.05, 3.63) is 48.5 Å². The van der Waals surface area contributed by atoms with E-state index in [2.05, 4.69) is 20.9 Å². The van der Waals surface area contributed by atoms with Gasteiger partial charge in [0, 0.05) is 0 Å². The molecule has 0 aliphatic heterocycles. The van der Waals surface area contributed by atoms with Crippen LogP contribution in [0.2, 0.25) is 0 Å². The predicted molar refractivity (Wildman–Crippen MR) is 90.0 cm³/mol. The molecule has 3 rings (SSSR count). The third-order valence-electron chi connectivity index (χ3n) is 4.68. The first-order valence-electron chi connectivity index (χ1n) is 8.28. The molecule has 1 aromatic carbocycles. The number of nitrogens with zero attached hydrogens (tertiary/aromatic N) is 3. The van der Waals surface area contributed by atoms with E-state index in [0.717, 1.165) is 31.2 Å².